The molecular formula is C12H14N2O2. The lowest BCUT2D eigenvalue weighted by Crippen LogP contribution is -2.24. The van der Waals surface area contributed by atoms with E-state index in [1.807, 2.05) is 0 Å². The second-order valence-electron chi connectivity index (χ2n) is 3.87. The molecule has 1 aromatic carbocycles. The molecule has 0 aliphatic rings. The van der Waals surface area contributed by atoms with Gasteiger partial charge in [0.15, 0.2) is 0 Å². The Bertz CT molecular complexity index is 575. The van der Waals surface area contributed by atoms with Crippen molar-refractivity contribution >= 4 is 16.5 Å². The summed E-state index contributed by atoms with van der Waals surface area (Å²) in [6.45, 7) is 1.73. The highest BCUT2D eigenvalue weighted by atomic mass is 16.3. The largest absolute Gasteiger partial charge is 0.398 e. The fourth-order valence-corrected chi connectivity index (χ4v) is 1.75. The molecule has 0 radical (unpaired) electrons. The van der Waals surface area contributed by atoms with E-state index in [4.69, 9.17) is 10.8 Å². The third-order valence-electron chi connectivity index (χ3n) is 2.75. The molecule has 0 spiro atoms. The second-order valence-corrected chi connectivity index (χ2v) is 3.87. The smallest absolute Gasteiger partial charge is 0.258 e. The van der Waals surface area contributed by atoms with Gasteiger partial charge in [-0.3, -0.25) is 4.79 Å². The van der Waals surface area contributed by atoms with Gasteiger partial charge < -0.3 is 15.4 Å². The molecule has 4 heteroatoms. The number of anilines is 1. The molecule has 2 rings (SSSR count). The Kier molecular flexibility index (Phi) is 2.66. The number of hydrogen-bond acceptors (Lipinski definition) is 3. The topological polar surface area (TPSA) is 68.2 Å². The Balaban J connectivity index is 2.76. The Morgan fingerprint density at radius 3 is 2.81 bits per heavy atom. The van der Waals surface area contributed by atoms with E-state index >= 15 is 0 Å². The van der Waals surface area contributed by atoms with Crippen molar-refractivity contribution in [3.05, 3.63) is 40.8 Å². The molecule has 0 bridgehead atoms. The zero-order valence-corrected chi connectivity index (χ0v) is 9.05. The number of nitrogens with zero attached hydrogens (tertiary/aromatic N) is 1. The van der Waals surface area contributed by atoms with E-state index in [0.717, 1.165) is 5.39 Å². The summed E-state index contributed by atoms with van der Waals surface area (Å²) in [6.07, 6.45) is 1.67. The van der Waals surface area contributed by atoms with Crippen LogP contribution in [-0.2, 0) is 0 Å². The summed E-state index contributed by atoms with van der Waals surface area (Å²) in [6, 6.07) is 6.85. The highest BCUT2D eigenvalue weighted by Crippen LogP contribution is 2.17. The number of fused-ring (bicyclic) bond motifs is 1. The molecule has 4 nitrogen and oxygen atoms in total. The summed E-state index contributed by atoms with van der Waals surface area (Å²) in [5.74, 6) is 0. The summed E-state index contributed by atoms with van der Waals surface area (Å²) < 4.78 is 1.52. The van der Waals surface area contributed by atoms with Crippen molar-refractivity contribution < 1.29 is 5.11 Å². The van der Waals surface area contributed by atoms with Gasteiger partial charge in [-0.25, -0.2) is 0 Å². The average Bonchev–Trinajstić information content (AvgIpc) is 2.30. The van der Waals surface area contributed by atoms with Crippen LogP contribution in [0.4, 0.5) is 5.69 Å². The SMILES string of the molecule is CC(CO)n1ccc2c(N)cccc2c1=O. The lowest BCUT2D eigenvalue weighted by molar-refractivity contribution is 0.236. The fraction of sp³-hybridized carbons (Fsp3) is 0.250. The minimum atomic E-state index is -0.224. The maximum Gasteiger partial charge on any atom is 0.258 e. The molecule has 0 saturated carbocycles. The summed E-state index contributed by atoms with van der Waals surface area (Å²) in [7, 11) is 0. The minimum Gasteiger partial charge on any atom is -0.398 e. The quantitative estimate of drug-likeness (QED) is 0.743. The molecule has 0 aliphatic heterocycles. The first-order valence-electron chi connectivity index (χ1n) is 5.15. The first kappa shape index (κ1) is 10.7. The van der Waals surface area contributed by atoms with Crippen LogP contribution in [0.3, 0.4) is 0 Å². The van der Waals surface area contributed by atoms with Crippen molar-refractivity contribution in [2.45, 2.75) is 13.0 Å². The number of rotatable bonds is 2. The van der Waals surface area contributed by atoms with Crippen molar-refractivity contribution in [3.8, 4) is 0 Å². The molecular weight excluding hydrogens is 204 g/mol. The zero-order chi connectivity index (χ0) is 11.7. The van der Waals surface area contributed by atoms with Crippen LogP contribution < -0.4 is 11.3 Å². The number of pyridine rings is 1. The Hall–Kier alpha value is -1.81. The van der Waals surface area contributed by atoms with E-state index < -0.39 is 0 Å². The van der Waals surface area contributed by atoms with Gasteiger partial charge in [0.05, 0.1) is 12.6 Å². The van der Waals surface area contributed by atoms with Crippen LogP contribution in [0, 0.1) is 0 Å². The van der Waals surface area contributed by atoms with Gasteiger partial charge in [-0.05, 0) is 25.1 Å². The van der Waals surface area contributed by atoms with Gasteiger partial charge in [-0.15, -0.1) is 0 Å². The van der Waals surface area contributed by atoms with E-state index in [1.54, 1.807) is 37.4 Å². The number of hydrogen-bond donors (Lipinski definition) is 2. The molecule has 1 aromatic heterocycles. The van der Waals surface area contributed by atoms with Gasteiger partial charge in [0, 0.05) is 22.7 Å². The highest BCUT2D eigenvalue weighted by Gasteiger charge is 2.08. The predicted octanol–water partition coefficient (Wildman–Crippen LogP) is 1.14. The van der Waals surface area contributed by atoms with Gasteiger partial charge in [0.1, 0.15) is 0 Å². The number of benzene rings is 1. The summed E-state index contributed by atoms with van der Waals surface area (Å²) >= 11 is 0. The zero-order valence-electron chi connectivity index (χ0n) is 9.05. The maximum absolute atomic E-state index is 12.1. The van der Waals surface area contributed by atoms with Gasteiger partial charge in [0.2, 0.25) is 0 Å². The first-order valence-corrected chi connectivity index (χ1v) is 5.15. The lowest BCUT2D eigenvalue weighted by atomic mass is 10.1. The molecule has 16 heavy (non-hydrogen) atoms. The third kappa shape index (κ3) is 1.57. The number of aromatic nitrogens is 1. The number of aliphatic hydroxyl groups excluding tert-OH is 1. The highest BCUT2D eigenvalue weighted by molar-refractivity contribution is 5.91. The first-order chi connectivity index (χ1) is 7.65. The molecule has 0 saturated heterocycles. The van der Waals surface area contributed by atoms with E-state index in [9.17, 15) is 4.79 Å². The molecule has 0 amide bonds. The fourth-order valence-electron chi connectivity index (χ4n) is 1.75. The molecule has 2 aromatic rings. The Labute approximate surface area is 92.9 Å². The minimum absolute atomic E-state index is 0.0618. The van der Waals surface area contributed by atoms with Gasteiger partial charge in [0.25, 0.3) is 5.56 Å². The lowest BCUT2D eigenvalue weighted by Gasteiger charge is -2.13. The molecule has 1 atom stereocenters. The van der Waals surface area contributed by atoms with Crippen LogP contribution in [0.25, 0.3) is 10.8 Å². The number of nitrogen functional groups attached to an aromatic ring is 1. The van der Waals surface area contributed by atoms with Gasteiger partial charge in [-0.1, -0.05) is 6.07 Å². The van der Waals surface area contributed by atoms with E-state index in [0.29, 0.717) is 11.1 Å². The van der Waals surface area contributed by atoms with Crippen molar-refractivity contribution in [2.24, 2.45) is 0 Å². The van der Waals surface area contributed by atoms with E-state index in [-0.39, 0.29) is 18.2 Å². The van der Waals surface area contributed by atoms with Gasteiger partial charge in [-0.2, -0.15) is 0 Å². The number of aliphatic hydroxyl groups is 1. The van der Waals surface area contributed by atoms with Crippen LogP contribution >= 0.6 is 0 Å². The second kappa shape index (κ2) is 3.98. The van der Waals surface area contributed by atoms with Crippen LogP contribution in [0.5, 0.6) is 0 Å². The van der Waals surface area contributed by atoms with E-state index in [2.05, 4.69) is 0 Å². The van der Waals surface area contributed by atoms with Crippen LogP contribution in [0.1, 0.15) is 13.0 Å². The summed E-state index contributed by atoms with van der Waals surface area (Å²) in [5.41, 5.74) is 6.26. The summed E-state index contributed by atoms with van der Waals surface area (Å²) in [4.78, 5) is 12.1. The van der Waals surface area contributed by atoms with Crippen LogP contribution in [-0.4, -0.2) is 16.3 Å². The molecule has 84 valence electrons. The van der Waals surface area contributed by atoms with Crippen molar-refractivity contribution in [1.29, 1.82) is 0 Å². The molecule has 1 unspecified atom stereocenters. The van der Waals surface area contributed by atoms with Crippen LogP contribution in [0.15, 0.2) is 35.3 Å². The Morgan fingerprint density at radius 2 is 2.12 bits per heavy atom. The third-order valence-corrected chi connectivity index (χ3v) is 2.75. The van der Waals surface area contributed by atoms with Crippen molar-refractivity contribution in [2.75, 3.05) is 12.3 Å². The monoisotopic (exact) mass is 218 g/mol. The van der Waals surface area contributed by atoms with Crippen molar-refractivity contribution in [1.82, 2.24) is 4.57 Å². The van der Waals surface area contributed by atoms with Crippen LogP contribution in [0.2, 0.25) is 0 Å². The number of nitrogens with two attached hydrogens (primary N) is 1. The normalized spacial score (nSPS) is 12.9. The predicted molar refractivity (Wildman–Crippen MR) is 64.4 cm³/mol. The molecule has 0 fully saturated rings. The summed E-state index contributed by atoms with van der Waals surface area (Å²) in [5, 5.41) is 10.4. The Morgan fingerprint density at radius 1 is 1.38 bits per heavy atom. The van der Waals surface area contributed by atoms with Crippen molar-refractivity contribution in [3.63, 3.8) is 0 Å². The molecule has 3 N–H and O–H groups in total. The van der Waals surface area contributed by atoms with E-state index in [1.165, 1.54) is 4.57 Å². The standard InChI is InChI=1S/C12H14N2O2/c1-8(7-15)14-6-5-9-10(12(14)16)3-2-4-11(9)13/h2-6,8,15H,7,13H2,1H3. The maximum atomic E-state index is 12.1. The molecule has 0 aliphatic carbocycles. The van der Waals surface area contributed by atoms with Gasteiger partial charge >= 0.3 is 0 Å². The average molecular weight is 218 g/mol. The molecule has 1 heterocycles.